The number of rotatable bonds is 6. The van der Waals surface area contributed by atoms with Crippen LogP contribution in [0.4, 0.5) is 0 Å². The number of aromatic nitrogens is 2. The first kappa shape index (κ1) is 13.6. The highest BCUT2D eigenvalue weighted by Gasteiger charge is 2.41. The Labute approximate surface area is 116 Å². The maximum absolute atomic E-state index is 12.2. The van der Waals surface area contributed by atoms with E-state index in [1.807, 2.05) is 19.9 Å². The molecule has 1 N–H and O–H groups in total. The second-order valence-corrected chi connectivity index (χ2v) is 5.57. The Morgan fingerprint density at radius 3 is 2.78 bits per heavy atom. The first-order valence-corrected chi connectivity index (χ1v) is 7.67. The third kappa shape index (κ3) is 2.76. The molecule has 1 heterocycles. The zero-order chi connectivity index (χ0) is 13.2. The molecule has 5 heteroatoms. The number of hydrogen-bond acceptors (Lipinski definition) is 2. The quantitative estimate of drug-likeness (QED) is 0.820. The molecule has 1 aromatic heterocycles. The summed E-state index contributed by atoms with van der Waals surface area (Å²) in [5, 5.41) is 8.40. The van der Waals surface area contributed by atoms with E-state index < -0.39 is 0 Å². The van der Waals surface area contributed by atoms with Crippen LogP contribution in [0.1, 0.15) is 42.9 Å². The summed E-state index contributed by atoms with van der Waals surface area (Å²) in [6.07, 6.45) is 3.26. The van der Waals surface area contributed by atoms with E-state index >= 15 is 0 Å². The monoisotopic (exact) mass is 313 g/mol. The highest BCUT2D eigenvalue weighted by atomic mass is 79.9. The van der Waals surface area contributed by atoms with E-state index in [2.05, 4.69) is 26.3 Å². The van der Waals surface area contributed by atoms with E-state index in [4.69, 9.17) is 0 Å². The van der Waals surface area contributed by atoms with E-state index in [-0.39, 0.29) is 5.91 Å². The first-order chi connectivity index (χ1) is 8.64. The molecule has 1 saturated carbocycles. The molecule has 1 aromatic rings. The molecule has 0 aliphatic heterocycles. The number of nitrogens with one attached hydrogen (secondary N) is 1. The molecule has 0 radical (unpaired) electrons. The molecule has 4 nitrogen and oxygen atoms in total. The summed E-state index contributed by atoms with van der Waals surface area (Å²) in [5.41, 5.74) is 1.96. The van der Waals surface area contributed by atoms with Gasteiger partial charge < -0.3 is 5.32 Å². The van der Waals surface area contributed by atoms with Crippen molar-refractivity contribution in [2.24, 2.45) is 5.41 Å². The van der Waals surface area contributed by atoms with Crippen LogP contribution in [0.5, 0.6) is 0 Å². The molecule has 1 aliphatic carbocycles. The number of amides is 1. The van der Waals surface area contributed by atoms with Gasteiger partial charge in [0.05, 0.1) is 5.69 Å². The van der Waals surface area contributed by atoms with Crippen molar-refractivity contribution in [1.82, 2.24) is 15.1 Å². The second-order valence-electron chi connectivity index (χ2n) is 5.01. The second kappa shape index (κ2) is 5.43. The number of alkyl halides is 1. The van der Waals surface area contributed by atoms with Crippen molar-refractivity contribution in [3.8, 4) is 0 Å². The van der Waals surface area contributed by atoms with Crippen LogP contribution >= 0.6 is 15.9 Å². The first-order valence-electron chi connectivity index (χ1n) is 6.55. The molecular weight excluding hydrogens is 294 g/mol. The summed E-state index contributed by atoms with van der Waals surface area (Å²) in [6, 6.07) is 1.90. The molecule has 0 bridgehead atoms. The average molecular weight is 314 g/mol. The topological polar surface area (TPSA) is 46.9 Å². The van der Waals surface area contributed by atoms with Gasteiger partial charge in [-0.05, 0) is 37.7 Å². The van der Waals surface area contributed by atoms with Crippen LogP contribution < -0.4 is 5.32 Å². The molecule has 0 saturated heterocycles. The van der Waals surface area contributed by atoms with Crippen molar-refractivity contribution in [2.75, 3.05) is 11.9 Å². The van der Waals surface area contributed by atoms with E-state index in [1.54, 1.807) is 4.68 Å². The maximum Gasteiger partial charge on any atom is 0.269 e. The van der Waals surface area contributed by atoms with Gasteiger partial charge in [0.1, 0.15) is 5.69 Å². The normalized spacial score (nSPS) is 16.6. The van der Waals surface area contributed by atoms with Crippen LogP contribution in [0.25, 0.3) is 0 Å². The van der Waals surface area contributed by atoms with Gasteiger partial charge in [0.15, 0.2) is 0 Å². The number of aryl methyl sites for hydroxylation is 2. The smallest absolute Gasteiger partial charge is 0.269 e. The van der Waals surface area contributed by atoms with Crippen LogP contribution in [0.3, 0.4) is 0 Å². The van der Waals surface area contributed by atoms with Crippen LogP contribution in [-0.4, -0.2) is 27.6 Å². The highest BCUT2D eigenvalue weighted by molar-refractivity contribution is 9.09. The van der Waals surface area contributed by atoms with Gasteiger partial charge in [-0.15, -0.1) is 0 Å². The fourth-order valence-corrected chi connectivity index (χ4v) is 2.72. The lowest BCUT2D eigenvalue weighted by molar-refractivity contribution is 0.0936. The summed E-state index contributed by atoms with van der Waals surface area (Å²) < 4.78 is 1.78. The van der Waals surface area contributed by atoms with Crippen LogP contribution in [0, 0.1) is 5.41 Å². The lowest BCUT2D eigenvalue weighted by Crippen LogP contribution is -2.32. The molecule has 100 valence electrons. The maximum atomic E-state index is 12.2. The van der Waals surface area contributed by atoms with Gasteiger partial charge >= 0.3 is 0 Å². The number of hydrogen-bond donors (Lipinski definition) is 1. The van der Waals surface area contributed by atoms with Gasteiger partial charge in [0, 0.05) is 18.4 Å². The highest BCUT2D eigenvalue weighted by Crippen LogP contribution is 2.46. The van der Waals surface area contributed by atoms with Crippen molar-refractivity contribution in [2.45, 2.75) is 39.7 Å². The number of nitrogens with zero attached hydrogens (tertiary/aromatic N) is 2. The minimum atomic E-state index is -0.00345. The lowest BCUT2D eigenvalue weighted by atomic mass is 10.1. The molecule has 1 fully saturated rings. The van der Waals surface area contributed by atoms with Gasteiger partial charge in [-0.25, -0.2) is 0 Å². The average Bonchev–Trinajstić information content (AvgIpc) is 3.06. The van der Waals surface area contributed by atoms with Crippen LogP contribution in [-0.2, 0) is 13.0 Å². The zero-order valence-corrected chi connectivity index (χ0v) is 12.6. The number of carbonyl (C=O) groups is 1. The molecule has 2 rings (SSSR count). The van der Waals surface area contributed by atoms with Crippen molar-refractivity contribution >= 4 is 21.8 Å². The van der Waals surface area contributed by atoms with Gasteiger partial charge in [-0.3, -0.25) is 9.48 Å². The van der Waals surface area contributed by atoms with Gasteiger partial charge in [-0.1, -0.05) is 22.9 Å². The van der Waals surface area contributed by atoms with E-state index in [0.29, 0.717) is 11.1 Å². The van der Waals surface area contributed by atoms with Crippen LogP contribution in [0.2, 0.25) is 0 Å². The molecule has 0 spiro atoms. The lowest BCUT2D eigenvalue weighted by Gasteiger charge is -2.12. The Hall–Kier alpha value is -0.840. The minimum absolute atomic E-state index is 0.00345. The van der Waals surface area contributed by atoms with Crippen molar-refractivity contribution in [3.63, 3.8) is 0 Å². The summed E-state index contributed by atoms with van der Waals surface area (Å²) in [5.74, 6) is -0.00345. The minimum Gasteiger partial charge on any atom is -0.350 e. The predicted molar refractivity (Wildman–Crippen MR) is 75.1 cm³/mol. The van der Waals surface area contributed by atoms with Crippen molar-refractivity contribution in [1.29, 1.82) is 0 Å². The third-order valence-corrected chi connectivity index (χ3v) is 4.78. The Bertz CT molecular complexity index is 437. The third-order valence-electron chi connectivity index (χ3n) is 3.59. The predicted octanol–water partition coefficient (Wildman–Crippen LogP) is 2.37. The molecule has 0 atom stereocenters. The van der Waals surface area contributed by atoms with Crippen LogP contribution in [0.15, 0.2) is 6.07 Å². The Balaban J connectivity index is 2.01. The van der Waals surface area contributed by atoms with Gasteiger partial charge in [0.2, 0.25) is 0 Å². The summed E-state index contributed by atoms with van der Waals surface area (Å²) in [6.45, 7) is 5.54. The number of halogens is 1. The standard InChI is InChI=1S/C13H20BrN3O/c1-3-10-7-11(17(4-2)16-10)12(18)15-9-13(8-14)5-6-13/h7H,3-6,8-9H2,1-2H3,(H,15,18). The fraction of sp³-hybridized carbons (Fsp3) is 0.692. The van der Waals surface area contributed by atoms with E-state index in [0.717, 1.165) is 30.5 Å². The molecule has 1 amide bonds. The van der Waals surface area contributed by atoms with E-state index in [1.165, 1.54) is 12.8 Å². The van der Waals surface area contributed by atoms with E-state index in [9.17, 15) is 4.79 Å². The number of carbonyl (C=O) groups excluding carboxylic acids is 1. The summed E-state index contributed by atoms with van der Waals surface area (Å²) >= 11 is 3.51. The SMILES string of the molecule is CCc1cc(C(=O)NCC2(CBr)CC2)n(CC)n1. The van der Waals surface area contributed by atoms with Gasteiger partial charge in [-0.2, -0.15) is 5.10 Å². The van der Waals surface area contributed by atoms with Gasteiger partial charge in [0.25, 0.3) is 5.91 Å². The Morgan fingerprint density at radius 2 is 2.28 bits per heavy atom. The molecule has 0 unspecified atom stereocenters. The van der Waals surface area contributed by atoms with Crippen molar-refractivity contribution in [3.05, 3.63) is 17.5 Å². The Morgan fingerprint density at radius 1 is 1.56 bits per heavy atom. The largest absolute Gasteiger partial charge is 0.350 e. The Kier molecular flexibility index (Phi) is 4.10. The molecular formula is C13H20BrN3O. The molecule has 1 aliphatic rings. The summed E-state index contributed by atoms with van der Waals surface area (Å²) in [4.78, 5) is 12.2. The molecule has 18 heavy (non-hydrogen) atoms. The molecule has 0 aromatic carbocycles. The van der Waals surface area contributed by atoms with Crippen molar-refractivity contribution < 1.29 is 4.79 Å². The summed E-state index contributed by atoms with van der Waals surface area (Å²) in [7, 11) is 0. The zero-order valence-electron chi connectivity index (χ0n) is 11.0. The fourth-order valence-electron chi connectivity index (χ4n) is 1.96.